The molecule has 1 aromatic carbocycles. The van der Waals surface area contributed by atoms with Crippen LogP contribution in [0.25, 0.3) is 10.9 Å². The van der Waals surface area contributed by atoms with Gasteiger partial charge < -0.3 is 10.6 Å². The van der Waals surface area contributed by atoms with Crippen molar-refractivity contribution in [1.82, 2.24) is 35.6 Å². The van der Waals surface area contributed by atoms with Gasteiger partial charge in [-0.1, -0.05) is 12.1 Å². The van der Waals surface area contributed by atoms with E-state index in [9.17, 15) is 0 Å². The van der Waals surface area contributed by atoms with Crippen LogP contribution in [-0.2, 0) is 0 Å². The number of aromatic nitrogens is 7. The van der Waals surface area contributed by atoms with Crippen molar-refractivity contribution >= 4 is 34.3 Å². The predicted octanol–water partition coefficient (Wildman–Crippen LogP) is 2.84. The minimum absolute atomic E-state index is 0.361. The molecule has 1 saturated carbocycles. The second-order valence-corrected chi connectivity index (χ2v) is 6.02. The molecule has 0 bridgehead atoms. The summed E-state index contributed by atoms with van der Waals surface area (Å²) < 4.78 is 0. The smallest absolute Gasteiger partial charge is 0.250 e. The summed E-state index contributed by atoms with van der Waals surface area (Å²) in [7, 11) is 0. The average Bonchev–Trinajstić information content (AvgIpc) is 3.26. The Balaban J connectivity index is 1.36. The largest absolute Gasteiger partial charge is 0.322 e. The first-order chi connectivity index (χ1) is 12.3. The van der Waals surface area contributed by atoms with E-state index in [0.29, 0.717) is 23.5 Å². The lowest BCUT2D eigenvalue weighted by Gasteiger charge is -2.04. The number of hydrogen-bond acceptors (Lipinski definition) is 7. The highest BCUT2D eigenvalue weighted by Crippen LogP contribution is 2.39. The highest BCUT2D eigenvalue weighted by atomic mass is 15.3. The summed E-state index contributed by atoms with van der Waals surface area (Å²) in [5.41, 5.74) is 2.10. The Kier molecular flexibility index (Phi) is 3.09. The molecule has 9 nitrogen and oxygen atoms in total. The number of fused-ring (bicyclic) bond motifs is 1. The maximum absolute atomic E-state index is 4.42. The van der Waals surface area contributed by atoms with Crippen molar-refractivity contribution in [3.63, 3.8) is 0 Å². The second kappa shape index (κ2) is 5.55. The monoisotopic (exact) mass is 333 g/mol. The molecule has 1 aliphatic rings. The Hall–Kier alpha value is -3.49. The maximum Gasteiger partial charge on any atom is 0.250 e. The Bertz CT molecular complexity index is 1030. The predicted molar refractivity (Wildman–Crippen MR) is 93.0 cm³/mol. The number of anilines is 4. The molecular weight excluding hydrogens is 318 g/mol. The molecule has 0 aliphatic heterocycles. The van der Waals surface area contributed by atoms with Crippen molar-refractivity contribution in [3.05, 3.63) is 42.2 Å². The summed E-state index contributed by atoms with van der Waals surface area (Å²) >= 11 is 0. The Morgan fingerprint density at radius 3 is 2.84 bits per heavy atom. The van der Waals surface area contributed by atoms with Crippen molar-refractivity contribution in [2.45, 2.75) is 18.8 Å². The summed E-state index contributed by atoms with van der Waals surface area (Å²) in [6.45, 7) is 0. The van der Waals surface area contributed by atoms with Crippen LogP contribution in [0.5, 0.6) is 0 Å². The van der Waals surface area contributed by atoms with Crippen molar-refractivity contribution in [2.24, 2.45) is 0 Å². The fourth-order valence-electron chi connectivity index (χ4n) is 2.72. The number of rotatable bonds is 5. The van der Waals surface area contributed by atoms with Gasteiger partial charge in [-0.3, -0.25) is 10.2 Å². The molecule has 0 saturated heterocycles. The Morgan fingerprint density at radius 2 is 1.92 bits per heavy atom. The fraction of sp³-hybridized carbons (Fsp3) is 0.188. The number of nitrogens with zero attached hydrogens (tertiary/aromatic N) is 5. The number of para-hydroxylation sites is 1. The lowest BCUT2D eigenvalue weighted by Crippen LogP contribution is -2.03. The first kappa shape index (κ1) is 13.9. The van der Waals surface area contributed by atoms with Crippen molar-refractivity contribution in [3.8, 4) is 0 Å². The standard InChI is InChI=1S/C16H15N9/c1-2-4-11-10(3-1)15(24-21-11)20-16-19-14(8-17-25-16)18-13-7-12(22-23-13)9-5-6-9/h1-4,7-9H,5-6H2,(H4,18,19,20,21,22,23,24,25). The molecule has 1 aliphatic carbocycles. The highest BCUT2D eigenvalue weighted by molar-refractivity contribution is 5.90. The maximum atomic E-state index is 4.42. The summed E-state index contributed by atoms with van der Waals surface area (Å²) in [4.78, 5) is 4.42. The third kappa shape index (κ3) is 2.75. The van der Waals surface area contributed by atoms with Gasteiger partial charge in [-0.15, -0.1) is 5.10 Å². The molecule has 0 spiro atoms. The van der Waals surface area contributed by atoms with Crippen molar-refractivity contribution in [1.29, 1.82) is 0 Å². The van der Waals surface area contributed by atoms with Crippen LogP contribution >= 0.6 is 0 Å². The number of aromatic amines is 2. The van der Waals surface area contributed by atoms with Crippen LogP contribution in [-0.4, -0.2) is 35.6 Å². The summed E-state index contributed by atoms with van der Waals surface area (Å²) in [5.74, 6) is 2.92. The average molecular weight is 333 g/mol. The van der Waals surface area contributed by atoms with Crippen LogP contribution in [0.2, 0.25) is 0 Å². The van der Waals surface area contributed by atoms with Crippen LogP contribution in [0.15, 0.2) is 36.5 Å². The molecule has 0 unspecified atom stereocenters. The molecule has 124 valence electrons. The van der Waals surface area contributed by atoms with Crippen molar-refractivity contribution < 1.29 is 0 Å². The topological polar surface area (TPSA) is 120 Å². The number of benzene rings is 1. The highest BCUT2D eigenvalue weighted by Gasteiger charge is 2.25. The summed E-state index contributed by atoms with van der Waals surface area (Å²) in [6.07, 6.45) is 4.00. The lowest BCUT2D eigenvalue weighted by atomic mass is 10.2. The van der Waals surface area contributed by atoms with Gasteiger partial charge in [-0.25, -0.2) is 0 Å². The SMILES string of the molecule is c1ccc2c(Nc3nncc(Nc4cc(C5CC5)[nH]n4)n3)n[nH]c2c1. The Labute approximate surface area is 142 Å². The number of H-pyrrole nitrogens is 2. The Morgan fingerprint density at radius 1 is 1.00 bits per heavy atom. The molecule has 4 aromatic rings. The number of nitrogens with one attached hydrogen (secondary N) is 4. The zero-order valence-electron chi connectivity index (χ0n) is 13.2. The van der Waals surface area contributed by atoms with Gasteiger partial charge in [0.2, 0.25) is 5.95 Å². The van der Waals surface area contributed by atoms with Gasteiger partial charge >= 0.3 is 0 Å². The van der Waals surface area contributed by atoms with Gasteiger partial charge in [-0.2, -0.15) is 20.3 Å². The van der Waals surface area contributed by atoms with E-state index in [-0.39, 0.29) is 0 Å². The van der Waals surface area contributed by atoms with E-state index in [4.69, 9.17) is 0 Å². The first-order valence-corrected chi connectivity index (χ1v) is 8.07. The normalized spacial score (nSPS) is 13.9. The molecule has 25 heavy (non-hydrogen) atoms. The van der Waals surface area contributed by atoms with Gasteiger partial charge in [0.1, 0.15) is 0 Å². The third-order valence-electron chi connectivity index (χ3n) is 4.13. The fourth-order valence-corrected chi connectivity index (χ4v) is 2.72. The quantitative estimate of drug-likeness (QED) is 0.443. The van der Waals surface area contributed by atoms with E-state index < -0.39 is 0 Å². The van der Waals surface area contributed by atoms with E-state index in [1.54, 1.807) is 6.20 Å². The summed E-state index contributed by atoms with van der Waals surface area (Å²) in [5, 5.41) is 29.7. The van der Waals surface area contributed by atoms with Crippen molar-refractivity contribution in [2.75, 3.05) is 10.6 Å². The molecule has 3 heterocycles. The molecule has 0 radical (unpaired) electrons. The van der Waals surface area contributed by atoms with Gasteiger partial charge in [0.05, 0.1) is 11.7 Å². The van der Waals surface area contributed by atoms with E-state index in [1.807, 2.05) is 30.3 Å². The molecular formula is C16H15N9. The van der Waals surface area contributed by atoms with Crippen LogP contribution in [0.3, 0.4) is 0 Å². The molecule has 4 N–H and O–H groups in total. The van der Waals surface area contributed by atoms with Crippen LogP contribution in [0.1, 0.15) is 24.5 Å². The number of hydrogen-bond donors (Lipinski definition) is 4. The summed E-state index contributed by atoms with van der Waals surface area (Å²) in [6, 6.07) is 9.84. The van der Waals surface area contributed by atoms with E-state index in [1.165, 1.54) is 12.8 Å². The zero-order chi connectivity index (χ0) is 16.6. The van der Waals surface area contributed by atoms with Gasteiger partial charge in [0.15, 0.2) is 17.5 Å². The molecule has 1 fully saturated rings. The molecule has 5 rings (SSSR count). The van der Waals surface area contributed by atoms with Crippen LogP contribution in [0.4, 0.5) is 23.4 Å². The third-order valence-corrected chi connectivity index (χ3v) is 4.13. The van der Waals surface area contributed by atoms with Gasteiger partial charge in [-0.05, 0) is 25.0 Å². The minimum atomic E-state index is 0.361. The first-order valence-electron chi connectivity index (χ1n) is 8.07. The van der Waals surface area contributed by atoms with Gasteiger partial charge in [0.25, 0.3) is 0 Å². The van der Waals surface area contributed by atoms with Crippen LogP contribution in [0, 0.1) is 0 Å². The van der Waals surface area contributed by atoms with Crippen LogP contribution < -0.4 is 10.6 Å². The molecule has 3 aromatic heterocycles. The lowest BCUT2D eigenvalue weighted by molar-refractivity contribution is 0.961. The zero-order valence-corrected chi connectivity index (χ0v) is 13.2. The van der Waals surface area contributed by atoms with E-state index in [0.717, 1.165) is 22.4 Å². The van der Waals surface area contributed by atoms with E-state index >= 15 is 0 Å². The second-order valence-electron chi connectivity index (χ2n) is 6.02. The molecule has 0 amide bonds. The minimum Gasteiger partial charge on any atom is -0.322 e. The van der Waals surface area contributed by atoms with E-state index in [2.05, 4.69) is 46.2 Å². The van der Waals surface area contributed by atoms with Gasteiger partial charge in [0, 0.05) is 23.1 Å². The molecule has 9 heteroatoms. The molecule has 0 atom stereocenters.